The highest BCUT2D eigenvalue weighted by Gasteiger charge is 2.18. The van der Waals surface area contributed by atoms with Gasteiger partial charge in [0.2, 0.25) is 0 Å². The molecular formula is C14H19FN2O2. The van der Waals surface area contributed by atoms with Crippen molar-refractivity contribution in [3.63, 3.8) is 0 Å². The van der Waals surface area contributed by atoms with Crippen molar-refractivity contribution >= 4 is 5.69 Å². The van der Waals surface area contributed by atoms with E-state index in [2.05, 4.69) is 6.07 Å². The summed E-state index contributed by atoms with van der Waals surface area (Å²) in [4.78, 5) is 1.86. The van der Waals surface area contributed by atoms with E-state index in [0.29, 0.717) is 31.8 Å². The molecule has 1 aromatic rings. The molecule has 19 heavy (non-hydrogen) atoms. The van der Waals surface area contributed by atoms with Crippen molar-refractivity contribution in [2.24, 2.45) is 0 Å². The van der Waals surface area contributed by atoms with Crippen LogP contribution >= 0.6 is 0 Å². The van der Waals surface area contributed by atoms with E-state index in [1.54, 1.807) is 19.2 Å². The third-order valence-corrected chi connectivity index (χ3v) is 2.85. The van der Waals surface area contributed by atoms with Crippen LogP contribution in [0.1, 0.15) is 25.0 Å². The molecule has 0 fully saturated rings. The number of nitriles is 1. The normalized spacial score (nSPS) is 11.9. The second kappa shape index (κ2) is 7.72. The fourth-order valence-corrected chi connectivity index (χ4v) is 1.95. The average Bonchev–Trinajstić information content (AvgIpc) is 2.38. The van der Waals surface area contributed by atoms with Gasteiger partial charge >= 0.3 is 0 Å². The number of halogens is 1. The highest BCUT2D eigenvalue weighted by Crippen LogP contribution is 2.29. The fourth-order valence-electron chi connectivity index (χ4n) is 1.95. The molecule has 5 heteroatoms. The molecule has 0 saturated carbocycles. The van der Waals surface area contributed by atoms with Crippen LogP contribution in [0.2, 0.25) is 0 Å². The van der Waals surface area contributed by atoms with E-state index >= 15 is 0 Å². The van der Waals surface area contributed by atoms with Crippen LogP contribution < -0.4 is 4.90 Å². The largest absolute Gasteiger partial charge is 0.389 e. The summed E-state index contributed by atoms with van der Waals surface area (Å²) in [7, 11) is 1.59. The van der Waals surface area contributed by atoms with Gasteiger partial charge in [-0.25, -0.2) is 4.39 Å². The van der Waals surface area contributed by atoms with Gasteiger partial charge in [-0.3, -0.25) is 0 Å². The lowest BCUT2D eigenvalue weighted by molar-refractivity contribution is 0.193. The van der Waals surface area contributed by atoms with Crippen molar-refractivity contribution in [1.82, 2.24) is 0 Å². The number of methoxy groups -OCH3 is 1. The average molecular weight is 266 g/mol. The number of anilines is 1. The lowest BCUT2D eigenvalue weighted by Crippen LogP contribution is -2.29. The molecule has 4 nitrogen and oxygen atoms in total. The molecule has 0 radical (unpaired) electrons. The van der Waals surface area contributed by atoms with E-state index in [0.717, 1.165) is 0 Å². The minimum absolute atomic E-state index is 0.261. The molecule has 1 atom stereocenters. The number of hydrogen-bond donors (Lipinski definition) is 1. The molecule has 0 aliphatic rings. The molecule has 1 N–H and O–H groups in total. The van der Waals surface area contributed by atoms with Crippen LogP contribution in [0.5, 0.6) is 0 Å². The smallest absolute Gasteiger partial charge is 0.131 e. The number of nitrogens with zero attached hydrogens (tertiary/aromatic N) is 2. The molecule has 1 aromatic carbocycles. The molecule has 1 rings (SSSR count). The van der Waals surface area contributed by atoms with E-state index in [1.807, 2.05) is 4.90 Å². The molecule has 0 bridgehead atoms. The summed E-state index contributed by atoms with van der Waals surface area (Å²) in [6, 6.07) is 6.74. The van der Waals surface area contributed by atoms with Crippen molar-refractivity contribution in [3.8, 4) is 6.07 Å². The van der Waals surface area contributed by atoms with Gasteiger partial charge in [-0.2, -0.15) is 5.26 Å². The van der Waals surface area contributed by atoms with Gasteiger partial charge in [0.15, 0.2) is 0 Å². The summed E-state index contributed by atoms with van der Waals surface area (Å²) in [5, 5.41) is 18.4. The predicted molar refractivity (Wildman–Crippen MR) is 71.4 cm³/mol. The minimum atomic E-state index is -0.900. The maximum absolute atomic E-state index is 13.8. The van der Waals surface area contributed by atoms with Gasteiger partial charge in [0.1, 0.15) is 5.82 Å². The summed E-state index contributed by atoms with van der Waals surface area (Å²) in [6.45, 7) is 3.02. The van der Waals surface area contributed by atoms with Gasteiger partial charge < -0.3 is 14.7 Å². The summed E-state index contributed by atoms with van der Waals surface area (Å²) in [5.74, 6) is -0.438. The van der Waals surface area contributed by atoms with Gasteiger partial charge in [-0.1, -0.05) is 6.07 Å². The third-order valence-electron chi connectivity index (χ3n) is 2.85. The second-order valence-corrected chi connectivity index (χ2v) is 4.24. The molecule has 0 heterocycles. The van der Waals surface area contributed by atoms with E-state index in [4.69, 9.17) is 10.00 Å². The Labute approximate surface area is 113 Å². The van der Waals surface area contributed by atoms with Crippen LogP contribution in [-0.2, 0) is 4.74 Å². The van der Waals surface area contributed by atoms with Gasteiger partial charge in [-0.05, 0) is 19.1 Å². The van der Waals surface area contributed by atoms with Crippen LogP contribution in [-0.4, -0.2) is 31.9 Å². The van der Waals surface area contributed by atoms with Crippen LogP contribution in [0.25, 0.3) is 0 Å². The first kappa shape index (κ1) is 15.4. The number of aliphatic hydroxyl groups is 1. The Bertz CT molecular complexity index is 444. The van der Waals surface area contributed by atoms with Crippen LogP contribution in [0.4, 0.5) is 10.1 Å². The standard InChI is InChI=1S/C14H19FN2O2/c1-11(18)14-12(15)5-3-6-13(14)17(8-4-7-16)9-10-19-2/h3,5-6,11,18H,4,8-10H2,1-2H3. The first-order valence-corrected chi connectivity index (χ1v) is 6.19. The SMILES string of the molecule is COCCN(CCC#N)c1cccc(F)c1C(C)O. The van der Waals surface area contributed by atoms with E-state index < -0.39 is 11.9 Å². The number of benzene rings is 1. The number of hydrogen-bond acceptors (Lipinski definition) is 4. The zero-order chi connectivity index (χ0) is 14.3. The summed E-state index contributed by atoms with van der Waals surface area (Å²) < 4.78 is 18.8. The van der Waals surface area contributed by atoms with Gasteiger partial charge in [-0.15, -0.1) is 0 Å². The maximum atomic E-state index is 13.8. The zero-order valence-electron chi connectivity index (χ0n) is 11.3. The van der Waals surface area contributed by atoms with Crippen molar-refractivity contribution < 1.29 is 14.2 Å². The van der Waals surface area contributed by atoms with Crippen LogP contribution in [0, 0.1) is 17.1 Å². The van der Waals surface area contributed by atoms with Crippen molar-refractivity contribution in [3.05, 3.63) is 29.6 Å². The molecular weight excluding hydrogens is 247 g/mol. The summed E-state index contributed by atoms with van der Waals surface area (Å²) >= 11 is 0. The Morgan fingerprint density at radius 3 is 2.79 bits per heavy atom. The summed E-state index contributed by atoms with van der Waals surface area (Å²) in [6.07, 6.45) is -0.567. The minimum Gasteiger partial charge on any atom is -0.389 e. The number of rotatable bonds is 7. The molecule has 0 aromatic heterocycles. The Morgan fingerprint density at radius 2 is 2.21 bits per heavy atom. The van der Waals surface area contributed by atoms with Crippen LogP contribution in [0.15, 0.2) is 18.2 Å². The first-order valence-electron chi connectivity index (χ1n) is 6.19. The maximum Gasteiger partial charge on any atom is 0.131 e. The van der Waals surface area contributed by atoms with Crippen LogP contribution in [0.3, 0.4) is 0 Å². The highest BCUT2D eigenvalue weighted by atomic mass is 19.1. The first-order chi connectivity index (χ1) is 9.11. The molecule has 0 saturated heterocycles. The number of aliphatic hydroxyl groups excluding tert-OH is 1. The third kappa shape index (κ3) is 4.19. The van der Waals surface area contributed by atoms with Crippen molar-refractivity contribution in [1.29, 1.82) is 5.26 Å². The van der Waals surface area contributed by atoms with E-state index in [-0.39, 0.29) is 5.56 Å². The summed E-state index contributed by atoms with van der Waals surface area (Å²) in [5.41, 5.74) is 0.874. The zero-order valence-corrected chi connectivity index (χ0v) is 11.3. The lowest BCUT2D eigenvalue weighted by atomic mass is 10.1. The quantitative estimate of drug-likeness (QED) is 0.822. The van der Waals surface area contributed by atoms with Crippen molar-refractivity contribution in [2.45, 2.75) is 19.4 Å². The number of ether oxygens (including phenoxy) is 1. The molecule has 0 spiro atoms. The molecule has 0 amide bonds. The van der Waals surface area contributed by atoms with E-state index in [1.165, 1.54) is 13.0 Å². The molecule has 0 aliphatic carbocycles. The molecule has 1 unspecified atom stereocenters. The van der Waals surface area contributed by atoms with E-state index in [9.17, 15) is 9.50 Å². The van der Waals surface area contributed by atoms with Crippen molar-refractivity contribution in [2.75, 3.05) is 31.7 Å². The van der Waals surface area contributed by atoms with Gasteiger partial charge in [0, 0.05) is 31.5 Å². The second-order valence-electron chi connectivity index (χ2n) is 4.24. The molecule has 104 valence electrons. The predicted octanol–water partition coefficient (Wildman–Crippen LogP) is 2.25. The highest BCUT2D eigenvalue weighted by molar-refractivity contribution is 5.55. The Balaban J connectivity index is 3.06. The Morgan fingerprint density at radius 1 is 1.47 bits per heavy atom. The fraction of sp³-hybridized carbons (Fsp3) is 0.500. The Hall–Kier alpha value is -1.64. The molecule has 0 aliphatic heterocycles. The monoisotopic (exact) mass is 266 g/mol. The van der Waals surface area contributed by atoms with Gasteiger partial charge in [0.05, 0.1) is 25.2 Å². The van der Waals surface area contributed by atoms with Gasteiger partial charge in [0.25, 0.3) is 0 Å². The lowest BCUT2D eigenvalue weighted by Gasteiger charge is -2.27. The Kier molecular flexibility index (Phi) is 6.26. The topological polar surface area (TPSA) is 56.5 Å².